The normalized spacial score (nSPS) is 14.4. The Bertz CT molecular complexity index is 698. The summed E-state index contributed by atoms with van der Waals surface area (Å²) in [6.07, 6.45) is 2.19. The molecule has 1 aliphatic rings. The predicted octanol–water partition coefficient (Wildman–Crippen LogP) is 3.53. The number of nitrogens with zero attached hydrogens (tertiary/aromatic N) is 3. The van der Waals surface area contributed by atoms with Gasteiger partial charge >= 0.3 is 5.97 Å². The van der Waals surface area contributed by atoms with Gasteiger partial charge in [0.1, 0.15) is 0 Å². The second-order valence-corrected chi connectivity index (χ2v) is 6.80. The predicted molar refractivity (Wildman–Crippen MR) is 84.5 cm³/mol. The minimum atomic E-state index is -0.842. The summed E-state index contributed by atoms with van der Waals surface area (Å²) in [4.78, 5) is 10.8. The smallest absolute Gasteiger partial charge is 0.313 e. The van der Waals surface area contributed by atoms with E-state index < -0.39 is 5.97 Å². The monoisotopic (exact) mass is 367 g/mol. The molecule has 0 radical (unpaired) electrons. The van der Waals surface area contributed by atoms with Crippen LogP contribution in [0.25, 0.3) is 11.4 Å². The van der Waals surface area contributed by atoms with Crippen molar-refractivity contribution in [2.24, 2.45) is 0 Å². The fraction of sp³-hybridized carbons (Fsp3) is 0.357. The number of halogens is 1. The van der Waals surface area contributed by atoms with Crippen LogP contribution in [0.5, 0.6) is 0 Å². The third-order valence-electron chi connectivity index (χ3n) is 3.41. The first-order valence-electron chi connectivity index (χ1n) is 6.63. The lowest BCUT2D eigenvalue weighted by atomic mass is 10.1. The number of thioether (sulfide) groups is 1. The van der Waals surface area contributed by atoms with Gasteiger partial charge in [0.2, 0.25) is 0 Å². The number of carboxylic acids is 1. The molecule has 0 aliphatic heterocycles. The van der Waals surface area contributed by atoms with Gasteiger partial charge < -0.3 is 5.11 Å². The first-order valence-corrected chi connectivity index (χ1v) is 8.40. The summed E-state index contributed by atoms with van der Waals surface area (Å²) < 4.78 is 3.12. The largest absolute Gasteiger partial charge is 0.481 e. The third-order valence-corrected chi connectivity index (χ3v) is 5.20. The van der Waals surface area contributed by atoms with Crippen LogP contribution in [-0.4, -0.2) is 31.6 Å². The lowest BCUT2D eigenvalue weighted by molar-refractivity contribution is -0.133. The quantitative estimate of drug-likeness (QED) is 0.818. The van der Waals surface area contributed by atoms with Crippen molar-refractivity contribution in [2.75, 3.05) is 5.75 Å². The van der Waals surface area contributed by atoms with E-state index in [1.807, 2.05) is 25.1 Å². The molecule has 0 amide bonds. The zero-order valence-corrected chi connectivity index (χ0v) is 13.8. The minimum Gasteiger partial charge on any atom is -0.481 e. The Labute approximate surface area is 134 Å². The van der Waals surface area contributed by atoms with Crippen LogP contribution in [0.4, 0.5) is 0 Å². The average molecular weight is 368 g/mol. The number of rotatable bonds is 5. The molecule has 0 spiro atoms. The molecule has 21 heavy (non-hydrogen) atoms. The van der Waals surface area contributed by atoms with Crippen molar-refractivity contribution in [3.8, 4) is 11.4 Å². The maximum atomic E-state index is 10.8. The van der Waals surface area contributed by atoms with Crippen LogP contribution in [0.1, 0.15) is 24.4 Å². The molecule has 1 N–H and O–H groups in total. The average Bonchev–Trinajstić information content (AvgIpc) is 3.20. The van der Waals surface area contributed by atoms with Crippen molar-refractivity contribution in [1.29, 1.82) is 0 Å². The highest BCUT2D eigenvalue weighted by Gasteiger charge is 2.30. The van der Waals surface area contributed by atoms with Gasteiger partial charge in [-0.25, -0.2) is 0 Å². The molecule has 5 nitrogen and oxygen atoms in total. The van der Waals surface area contributed by atoms with Crippen molar-refractivity contribution >= 4 is 33.7 Å². The van der Waals surface area contributed by atoms with Gasteiger partial charge in [-0.15, -0.1) is 10.2 Å². The standard InChI is InChI=1S/C14H14BrN3O2S/c1-8-10(3-2-4-11(8)15)13-16-17-14(21-7-12(19)20)18(13)9-5-6-9/h2-4,9H,5-7H2,1H3,(H,19,20). The number of aliphatic carboxylic acids is 1. The van der Waals surface area contributed by atoms with E-state index in [1.54, 1.807) is 0 Å². The van der Waals surface area contributed by atoms with Crippen molar-refractivity contribution in [2.45, 2.75) is 31.0 Å². The van der Waals surface area contributed by atoms with Crippen LogP contribution in [-0.2, 0) is 4.79 Å². The number of benzene rings is 1. The van der Waals surface area contributed by atoms with E-state index in [2.05, 4.69) is 30.7 Å². The molecule has 1 heterocycles. The van der Waals surface area contributed by atoms with Crippen molar-refractivity contribution < 1.29 is 9.90 Å². The third kappa shape index (κ3) is 2.98. The van der Waals surface area contributed by atoms with Gasteiger partial charge in [0, 0.05) is 16.1 Å². The second-order valence-electron chi connectivity index (χ2n) is 5.00. The number of hydrogen-bond acceptors (Lipinski definition) is 4. The fourth-order valence-corrected chi connectivity index (χ4v) is 3.29. The van der Waals surface area contributed by atoms with Gasteiger partial charge in [0.25, 0.3) is 0 Å². The SMILES string of the molecule is Cc1c(Br)cccc1-c1nnc(SCC(=O)O)n1C1CC1. The zero-order valence-electron chi connectivity index (χ0n) is 11.4. The highest BCUT2D eigenvalue weighted by Crippen LogP contribution is 2.42. The number of carboxylic acid groups (broad SMARTS) is 1. The summed E-state index contributed by atoms with van der Waals surface area (Å²) in [5.74, 6) is -0.0165. The van der Waals surface area contributed by atoms with Crippen LogP contribution in [0.15, 0.2) is 27.8 Å². The number of hydrogen-bond donors (Lipinski definition) is 1. The topological polar surface area (TPSA) is 68.0 Å². The molecule has 7 heteroatoms. The summed E-state index contributed by atoms with van der Waals surface area (Å²) in [7, 11) is 0. The maximum absolute atomic E-state index is 10.8. The van der Waals surface area contributed by atoms with Gasteiger partial charge in [-0.3, -0.25) is 9.36 Å². The lowest BCUT2D eigenvalue weighted by Gasteiger charge is -2.11. The molecule has 110 valence electrons. The Morgan fingerprint density at radius 1 is 1.48 bits per heavy atom. The first-order chi connectivity index (χ1) is 10.1. The van der Waals surface area contributed by atoms with Crippen LogP contribution in [0.3, 0.4) is 0 Å². The second kappa shape index (κ2) is 5.81. The van der Waals surface area contributed by atoms with Gasteiger partial charge in [-0.1, -0.05) is 39.8 Å². The van der Waals surface area contributed by atoms with E-state index in [1.165, 1.54) is 11.8 Å². The number of carbonyl (C=O) groups is 1. The first kappa shape index (κ1) is 14.6. The molecule has 0 saturated heterocycles. The molecular formula is C14H14BrN3O2S. The Hall–Kier alpha value is -1.34. The molecule has 3 rings (SSSR count). The minimum absolute atomic E-state index is 0.00230. The molecule has 0 unspecified atom stereocenters. The summed E-state index contributed by atoms with van der Waals surface area (Å²) >= 11 is 4.76. The molecule has 1 aromatic carbocycles. The maximum Gasteiger partial charge on any atom is 0.313 e. The molecular weight excluding hydrogens is 354 g/mol. The number of aromatic nitrogens is 3. The summed E-state index contributed by atoms with van der Waals surface area (Å²) in [5, 5.41) is 18.0. The Morgan fingerprint density at radius 2 is 2.24 bits per heavy atom. The molecule has 1 fully saturated rings. The fourth-order valence-electron chi connectivity index (χ4n) is 2.20. The van der Waals surface area contributed by atoms with Gasteiger partial charge in [-0.05, 0) is 31.4 Å². The van der Waals surface area contributed by atoms with E-state index >= 15 is 0 Å². The Morgan fingerprint density at radius 3 is 2.90 bits per heavy atom. The zero-order chi connectivity index (χ0) is 15.0. The highest BCUT2D eigenvalue weighted by atomic mass is 79.9. The van der Waals surface area contributed by atoms with Crippen LogP contribution < -0.4 is 0 Å². The summed E-state index contributed by atoms with van der Waals surface area (Å²) in [5.41, 5.74) is 2.15. The van der Waals surface area contributed by atoms with Crippen molar-refractivity contribution in [1.82, 2.24) is 14.8 Å². The molecule has 0 bridgehead atoms. The van der Waals surface area contributed by atoms with Crippen molar-refractivity contribution in [3.05, 3.63) is 28.2 Å². The van der Waals surface area contributed by atoms with E-state index in [4.69, 9.17) is 5.11 Å². The van der Waals surface area contributed by atoms with Gasteiger partial charge in [0.15, 0.2) is 11.0 Å². The summed E-state index contributed by atoms with van der Waals surface area (Å²) in [6, 6.07) is 6.39. The molecule has 2 aromatic rings. The van der Waals surface area contributed by atoms with E-state index in [0.29, 0.717) is 11.2 Å². The highest BCUT2D eigenvalue weighted by molar-refractivity contribution is 9.10. The van der Waals surface area contributed by atoms with Crippen LogP contribution in [0, 0.1) is 6.92 Å². The van der Waals surface area contributed by atoms with E-state index in [-0.39, 0.29) is 5.75 Å². The van der Waals surface area contributed by atoms with Gasteiger partial charge in [-0.2, -0.15) is 0 Å². The Balaban J connectivity index is 2.02. The van der Waals surface area contributed by atoms with E-state index in [9.17, 15) is 4.79 Å². The van der Waals surface area contributed by atoms with Crippen molar-refractivity contribution in [3.63, 3.8) is 0 Å². The van der Waals surface area contributed by atoms with Crippen LogP contribution >= 0.6 is 27.7 Å². The lowest BCUT2D eigenvalue weighted by Crippen LogP contribution is -2.03. The van der Waals surface area contributed by atoms with Gasteiger partial charge in [0.05, 0.1) is 5.75 Å². The molecule has 1 aliphatic carbocycles. The molecule has 1 aromatic heterocycles. The summed E-state index contributed by atoms with van der Waals surface area (Å²) in [6.45, 7) is 2.04. The van der Waals surface area contributed by atoms with Crippen LogP contribution in [0.2, 0.25) is 0 Å². The van der Waals surface area contributed by atoms with E-state index in [0.717, 1.165) is 34.3 Å². The molecule has 0 atom stereocenters. The Kier molecular flexibility index (Phi) is 4.03. The molecule has 1 saturated carbocycles.